The minimum Gasteiger partial charge on any atom is -0.349 e. The average molecular weight is 356 g/mol. The molecule has 2 aromatic carbocycles. The van der Waals surface area contributed by atoms with Crippen LogP contribution in [0.2, 0.25) is 0 Å². The van der Waals surface area contributed by atoms with Crippen molar-refractivity contribution in [3.05, 3.63) is 59.2 Å². The minimum atomic E-state index is -3.58. The maximum Gasteiger partial charge on any atom is 0.264 e. The highest BCUT2D eigenvalue weighted by Crippen LogP contribution is 2.33. The van der Waals surface area contributed by atoms with Crippen LogP contribution >= 0.6 is 0 Å². The lowest BCUT2D eigenvalue weighted by molar-refractivity contribution is 0.0951. The number of hydrogen-bond donors (Lipinski definition) is 1. The van der Waals surface area contributed by atoms with E-state index < -0.39 is 10.0 Å². The lowest BCUT2D eigenvalue weighted by Crippen LogP contribution is -2.29. The van der Waals surface area contributed by atoms with Gasteiger partial charge in [0.25, 0.3) is 15.9 Å². The quantitative estimate of drug-likeness (QED) is 0.916. The second-order valence-corrected chi connectivity index (χ2v) is 8.59. The highest BCUT2D eigenvalue weighted by molar-refractivity contribution is 7.92. The number of hydrogen-bond acceptors (Lipinski definition) is 3. The fraction of sp³-hybridized carbons (Fsp3) is 0.316. The molecular formula is C19H20N2O3S. The number of amides is 1. The van der Waals surface area contributed by atoms with Crippen LogP contribution in [0.5, 0.6) is 0 Å². The van der Waals surface area contributed by atoms with Crippen molar-refractivity contribution in [2.45, 2.75) is 37.1 Å². The molecule has 0 atom stereocenters. The van der Waals surface area contributed by atoms with Crippen molar-refractivity contribution in [3.63, 3.8) is 0 Å². The average Bonchev–Trinajstić information content (AvgIpc) is 3.30. The van der Waals surface area contributed by atoms with Gasteiger partial charge in [-0.1, -0.05) is 17.7 Å². The summed E-state index contributed by atoms with van der Waals surface area (Å²) in [5.41, 5.74) is 3.19. The Morgan fingerprint density at radius 1 is 1.12 bits per heavy atom. The number of sulfonamides is 1. The number of nitrogens with one attached hydrogen (secondary N) is 1. The van der Waals surface area contributed by atoms with E-state index in [1.54, 1.807) is 36.4 Å². The molecule has 0 aromatic heterocycles. The molecule has 1 fully saturated rings. The molecule has 1 heterocycles. The summed E-state index contributed by atoms with van der Waals surface area (Å²) in [5, 5.41) is 2.96. The zero-order chi connectivity index (χ0) is 17.6. The highest BCUT2D eigenvalue weighted by atomic mass is 32.2. The maximum absolute atomic E-state index is 12.9. The van der Waals surface area contributed by atoms with Crippen molar-refractivity contribution in [2.24, 2.45) is 0 Å². The molecule has 1 aliphatic heterocycles. The lowest BCUT2D eigenvalue weighted by atomic mass is 10.1. The molecule has 130 valence electrons. The Morgan fingerprint density at radius 2 is 1.84 bits per heavy atom. The van der Waals surface area contributed by atoms with Gasteiger partial charge in [-0.05, 0) is 62.1 Å². The van der Waals surface area contributed by atoms with Crippen LogP contribution in [0.1, 0.15) is 34.3 Å². The van der Waals surface area contributed by atoms with E-state index in [4.69, 9.17) is 0 Å². The van der Waals surface area contributed by atoms with Crippen LogP contribution in [0, 0.1) is 6.92 Å². The number of aryl methyl sites for hydroxylation is 1. The van der Waals surface area contributed by atoms with Gasteiger partial charge in [0, 0.05) is 18.2 Å². The van der Waals surface area contributed by atoms with Crippen molar-refractivity contribution in [2.75, 3.05) is 10.8 Å². The Kier molecular flexibility index (Phi) is 3.80. The number of rotatable bonds is 4. The van der Waals surface area contributed by atoms with Gasteiger partial charge in [0.15, 0.2) is 0 Å². The summed E-state index contributed by atoms with van der Waals surface area (Å²) in [5.74, 6) is -0.0786. The van der Waals surface area contributed by atoms with Gasteiger partial charge < -0.3 is 5.32 Å². The molecule has 0 saturated heterocycles. The van der Waals surface area contributed by atoms with Crippen molar-refractivity contribution in [3.8, 4) is 0 Å². The first-order valence-electron chi connectivity index (χ1n) is 8.48. The third-order valence-corrected chi connectivity index (χ3v) is 6.54. The summed E-state index contributed by atoms with van der Waals surface area (Å²) >= 11 is 0. The number of anilines is 1. The summed E-state index contributed by atoms with van der Waals surface area (Å²) in [4.78, 5) is 12.5. The third-order valence-electron chi connectivity index (χ3n) is 4.72. The molecule has 25 heavy (non-hydrogen) atoms. The van der Waals surface area contributed by atoms with E-state index in [9.17, 15) is 13.2 Å². The largest absolute Gasteiger partial charge is 0.349 e. The molecule has 1 amide bonds. The van der Waals surface area contributed by atoms with Crippen LogP contribution in [0.3, 0.4) is 0 Å². The predicted molar refractivity (Wildman–Crippen MR) is 96.3 cm³/mol. The summed E-state index contributed by atoms with van der Waals surface area (Å²) in [6.07, 6.45) is 2.70. The number of benzene rings is 2. The van der Waals surface area contributed by atoms with Crippen molar-refractivity contribution in [1.82, 2.24) is 5.32 Å². The van der Waals surface area contributed by atoms with Gasteiger partial charge in [0.1, 0.15) is 0 Å². The Morgan fingerprint density at radius 3 is 2.52 bits per heavy atom. The molecule has 5 nitrogen and oxygen atoms in total. The van der Waals surface area contributed by atoms with E-state index >= 15 is 0 Å². The fourth-order valence-electron chi connectivity index (χ4n) is 3.10. The van der Waals surface area contributed by atoms with Crippen LogP contribution in [-0.2, 0) is 16.4 Å². The van der Waals surface area contributed by atoms with Crippen molar-refractivity contribution < 1.29 is 13.2 Å². The minimum absolute atomic E-state index is 0.0786. The summed E-state index contributed by atoms with van der Waals surface area (Å²) in [7, 11) is -3.58. The molecule has 1 saturated carbocycles. The lowest BCUT2D eigenvalue weighted by Gasteiger charge is -2.20. The number of carbonyl (C=O) groups excluding carboxylic acids is 1. The second kappa shape index (κ2) is 5.88. The summed E-state index contributed by atoms with van der Waals surface area (Å²) < 4.78 is 27.3. The van der Waals surface area contributed by atoms with E-state index in [1.165, 1.54) is 4.31 Å². The smallest absolute Gasteiger partial charge is 0.264 e. The van der Waals surface area contributed by atoms with Crippen molar-refractivity contribution in [1.29, 1.82) is 0 Å². The van der Waals surface area contributed by atoms with Gasteiger partial charge in [-0.25, -0.2) is 8.42 Å². The van der Waals surface area contributed by atoms with E-state index in [-0.39, 0.29) is 5.91 Å². The van der Waals surface area contributed by atoms with Crippen LogP contribution < -0.4 is 9.62 Å². The Balaban J connectivity index is 1.63. The van der Waals surface area contributed by atoms with Gasteiger partial charge in [-0.3, -0.25) is 9.10 Å². The van der Waals surface area contributed by atoms with Gasteiger partial charge in [-0.15, -0.1) is 0 Å². The van der Waals surface area contributed by atoms with E-state index in [1.807, 2.05) is 13.0 Å². The van der Waals surface area contributed by atoms with E-state index in [0.717, 1.165) is 24.0 Å². The molecule has 1 aliphatic carbocycles. The van der Waals surface area contributed by atoms with Crippen LogP contribution in [0.4, 0.5) is 5.69 Å². The Labute approximate surface area is 147 Å². The standard InChI is InChI=1S/C19H20N2O3S/c1-13-2-7-17(8-3-13)25(23,24)21-11-10-14-12-15(4-9-18(14)21)19(22)20-16-5-6-16/h2-4,7-9,12,16H,5-6,10-11H2,1H3,(H,20,22). The Bertz CT molecular complexity index is 932. The SMILES string of the molecule is Cc1ccc(S(=O)(=O)N2CCc3cc(C(=O)NC4CC4)ccc32)cc1. The topological polar surface area (TPSA) is 66.5 Å². The van der Waals surface area contributed by atoms with Gasteiger partial charge in [0.05, 0.1) is 10.6 Å². The first-order valence-corrected chi connectivity index (χ1v) is 9.92. The van der Waals surface area contributed by atoms with Crippen LogP contribution in [-0.4, -0.2) is 26.9 Å². The monoisotopic (exact) mass is 356 g/mol. The third kappa shape index (κ3) is 3.02. The molecular weight excluding hydrogens is 336 g/mol. The molecule has 6 heteroatoms. The number of nitrogens with zero attached hydrogens (tertiary/aromatic N) is 1. The maximum atomic E-state index is 12.9. The zero-order valence-corrected chi connectivity index (χ0v) is 14.8. The van der Waals surface area contributed by atoms with Crippen LogP contribution in [0.15, 0.2) is 47.4 Å². The van der Waals surface area contributed by atoms with Gasteiger partial charge in [-0.2, -0.15) is 0 Å². The van der Waals surface area contributed by atoms with Gasteiger partial charge >= 0.3 is 0 Å². The molecule has 2 aliphatic rings. The van der Waals surface area contributed by atoms with E-state index in [0.29, 0.717) is 35.2 Å². The Hall–Kier alpha value is -2.34. The highest BCUT2D eigenvalue weighted by Gasteiger charge is 2.31. The van der Waals surface area contributed by atoms with E-state index in [2.05, 4.69) is 5.32 Å². The van der Waals surface area contributed by atoms with Gasteiger partial charge in [0.2, 0.25) is 0 Å². The number of fused-ring (bicyclic) bond motifs is 1. The zero-order valence-electron chi connectivity index (χ0n) is 14.0. The normalized spacial score (nSPS) is 16.6. The summed E-state index contributed by atoms with van der Waals surface area (Å²) in [6, 6.07) is 12.5. The predicted octanol–water partition coefficient (Wildman–Crippen LogP) is 2.64. The van der Waals surface area contributed by atoms with Crippen LogP contribution in [0.25, 0.3) is 0 Å². The molecule has 0 radical (unpaired) electrons. The second-order valence-electron chi connectivity index (χ2n) is 6.73. The first kappa shape index (κ1) is 16.1. The molecule has 0 unspecified atom stereocenters. The summed E-state index contributed by atoms with van der Waals surface area (Å²) in [6.45, 7) is 2.33. The molecule has 0 spiro atoms. The molecule has 0 bridgehead atoms. The number of carbonyl (C=O) groups is 1. The molecule has 2 aromatic rings. The molecule has 1 N–H and O–H groups in total. The first-order chi connectivity index (χ1) is 11.9. The molecule has 4 rings (SSSR count). The fourth-order valence-corrected chi connectivity index (χ4v) is 4.60. The van der Waals surface area contributed by atoms with Crippen molar-refractivity contribution >= 4 is 21.6 Å².